The molecule has 0 radical (unpaired) electrons. The van der Waals surface area contributed by atoms with Crippen molar-refractivity contribution >= 4 is 43.9 Å². The normalized spacial score (nSPS) is 11.0. The fourth-order valence-corrected chi connectivity index (χ4v) is 3.87. The summed E-state index contributed by atoms with van der Waals surface area (Å²) in [6, 6.07) is 22.0. The first-order chi connectivity index (χ1) is 11.8. The molecule has 3 nitrogen and oxygen atoms in total. The van der Waals surface area contributed by atoms with Crippen LogP contribution in [0.2, 0.25) is 0 Å². The molecule has 0 unspecified atom stereocenters. The van der Waals surface area contributed by atoms with E-state index < -0.39 is 0 Å². The quantitative estimate of drug-likeness (QED) is 0.570. The zero-order chi connectivity index (χ0) is 16.4. The summed E-state index contributed by atoms with van der Waals surface area (Å²) in [5.74, 6) is 0.0188. The van der Waals surface area contributed by atoms with Crippen LogP contribution in [0.1, 0.15) is 11.4 Å². The fraction of sp³-hybridized carbons (Fsp3) is 0.100. The van der Waals surface area contributed by atoms with E-state index in [1.54, 1.807) is 11.3 Å². The average molecular weight is 332 g/mol. The van der Waals surface area contributed by atoms with E-state index >= 15 is 0 Å². The van der Waals surface area contributed by atoms with Crippen LogP contribution in [-0.4, -0.2) is 10.9 Å². The highest BCUT2D eigenvalue weighted by Crippen LogP contribution is 2.30. The van der Waals surface area contributed by atoms with Crippen LogP contribution in [-0.2, 0) is 11.2 Å². The van der Waals surface area contributed by atoms with Crippen molar-refractivity contribution in [3.8, 4) is 0 Å². The first kappa shape index (κ1) is 14.8. The maximum absolute atomic E-state index is 12.1. The van der Waals surface area contributed by atoms with Crippen LogP contribution in [0.15, 0.2) is 66.7 Å². The van der Waals surface area contributed by atoms with Gasteiger partial charge in [0.05, 0.1) is 15.2 Å². The topological polar surface area (TPSA) is 42.0 Å². The molecule has 0 saturated heterocycles. The van der Waals surface area contributed by atoms with Crippen LogP contribution < -0.4 is 5.32 Å². The maximum Gasteiger partial charge on any atom is 0.224 e. The van der Waals surface area contributed by atoms with E-state index in [-0.39, 0.29) is 5.91 Å². The Kier molecular flexibility index (Phi) is 3.97. The predicted molar refractivity (Wildman–Crippen MR) is 101 cm³/mol. The number of nitrogens with one attached hydrogen (secondary N) is 1. The Labute approximate surface area is 144 Å². The Balaban J connectivity index is 1.50. The molecule has 0 saturated carbocycles. The number of para-hydroxylation sites is 1. The molecule has 4 heteroatoms. The van der Waals surface area contributed by atoms with Gasteiger partial charge in [0.1, 0.15) is 0 Å². The summed E-state index contributed by atoms with van der Waals surface area (Å²) in [7, 11) is 0. The number of benzene rings is 3. The van der Waals surface area contributed by atoms with Crippen LogP contribution >= 0.6 is 11.3 Å². The van der Waals surface area contributed by atoms with Gasteiger partial charge in [-0.05, 0) is 23.6 Å². The molecular formula is C20H16N2OS. The van der Waals surface area contributed by atoms with Gasteiger partial charge in [0.2, 0.25) is 5.91 Å². The Hall–Kier alpha value is -2.72. The lowest BCUT2D eigenvalue weighted by molar-refractivity contribution is -0.116. The van der Waals surface area contributed by atoms with Crippen molar-refractivity contribution < 1.29 is 4.79 Å². The van der Waals surface area contributed by atoms with Crippen LogP contribution in [0.4, 0.5) is 5.69 Å². The molecule has 118 valence electrons. The minimum Gasteiger partial charge on any atom is -0.326 e. The fourth-order valence-electron chi connectivity index (χ4n) is 2.77. The smallest absolute Gasteiger partial charge is 0.224 e. The van der Waals surface area contributed by atoms with Crippen LogP contribution in [0.25, 0.3) is 21.0 Å². The summed E-state index contributed by atoms with van der Waals surface area (Å²) in [6.07, 6.45) is 1.10. The Bertz CT molecular complexity index is 1010. The zero-order valence-electron chi connectivity index (χ0n) is 13.0. The molecule has 1 N–H and O–H groups in total. The highest BCUT2D eigenvalue weighted by atomic mass is 32.1. The first-order valence-corrected chi connectivity index (χ1v) is 8.73. The number of nitrogens with zero attached hydrogens (tertiary/aromatic N) is 1. The van der Waals surface area contributed by atoms with Gasteiger partial charge in [-0.2, -0.15) is 0 Å². The number of hydrogen-bond acceptors (Lipinski definition) is 3. The van der Waals surface area contributed by atoms with Crippen molar-refractivity contribution in [2.75, 3.05) is 5.32 Å². The molecule has 0 aliphatic heterocycles. The summed E-state index contributed by atoms with van der Waals surface area (Å²) >= 11 is 1.68. The van der Waals surface area contributed by atoms with Crippen molar-refractivity contribution in [1.29, 1.82) is 0 Å². The summed E-state index contributed by atoms with van der Waals surface area (Å²) in [6.45, 7) is 0. The van der Waals surface area contributed by atoms with E-state index in [0.29, 0.717) is 12.8 Å². The Morgan fingerprint density at radius 1 is 0.958 bits per heavy atom. The second kappa shape index (κ2) is 6.42. The van der Waals surface area contributed by atoms with Crippen molar-refractivity contribution in [2.45, 2.75) is 12.8 Å². The molecule has 4 rings (SSSR count). The molecule has 0 aliphatic carbocycles. The van der Waals surface area contributed by atoms with Gasteiger partial charge >= 0.3 is 0 Å². The van der Waals surface area contributed by atoms with Gasteiger partial charge in [-0.15, -0.1) is 11.3 Å². The van der Waals surface area contributed by atoms with Gasteiger partial charge in [-0.1, -0.05) is 48.5 Å². The highest BCUT2D eigenvalue weighted by Gasteiger charge is 2.09. The molecule has 0 spiro atoms. The van der Waals surface area contributed by atoms with Gasteiger partial charge in [0.25, 0.3) is 0 Å². The third-order valence-electron chi connectivity index (χ3n) is 3.95. The molecule has 0 bridgehead atoms. The van der Waals surface area contributed by atoms with Crippen molar-refractivity contribution in [3.05, 3.63) is 71.7 Å². The number of fused-ring (bicyclic) bond motifs is 3. The van der Waals surface area contributed by atoms with E-state index in [4.69, 9.17) is 0 Å². The second-order valence-electron chi connectivity index (χ2n) is 5.66. The van der Waals surface area contributed by atoms with Gasteiger partial charge in [0, 0.05) is 23.9 Å². The van der Waals surface area contributed by atoms with Crippen molar-refractivity contribution in [1.82, 2.24) is 4.98 Å². The predicted octanol–water partition coefficient (Wildman–Crippen LogP) is 5.02. The molecule has 3 aromatic carbocycles. The largest absolute Gasteiger partial charge is 0.326 e. The standard InChI is InChI=1S/C20H16N2OS/c23-18(21-15-7-2-1-3-8-15)12-13-19-22-17-11-10-14-6-4-5-9-16(14)20(17)24-19/h1-11H,12-13H2,(H,21,23). The molecule has 0 aliphatic rings. The Morgan fingerprint density at radius 2 is 1.75 bits per heavy atom. The molecule has 1 heterocycles. The van der Waals surface area contributed by atoms with Crippen molar-refractivity contribution in [3.63, 3.8) is 0 Å². The number of aromatic nitrogens is 1. The molecule has 4 aromatic rings. The molecule has 0 fully saturated rings. The van der Waals surface area contributed by atoms with Crippen LogP contribution in [0, 0.1) is 0 Å². The second-order valence-corrected chi connectivity index (χ2v) is 6.74. The summed E-state index contributed by atoms with van der Waals surface area (Å²) in [5, 5.41) is 6.37. The average Bonchev–Trinajstić information content (AvgIpc) is 3.04. The van der Waals surface area contributed by atoms with Gasteiger partial charge in [-0.25, -0.2) is 4.98 Å². The minimum absolute atomic E-state index is 0.0188. The van der Waals surface area contributed by atoms with E-state index in [1.165, 1.54) is 15.5 Å². The van der Waals surface area contributed by atoms with E-state index in [9.17, 15) is 4.79 Å². The first-order valence-electron chi connectivity index (χ1n) is 7.92. The SMILES string of the molecule is O=C(CCc1nc2ccc3ccccc3c2s1)Nc1ccccc1. The van der Waals surface area contributed by atoms with E-state index in [2.05, 4.69) is 40.6 Å². The lowest BCUT2D eigenvalue weighted by Crippen LogP contribution is -2.12. The highest BCUT2D eigenvalue weighted by molar-refractivity contribution is 7.19. The number of thiazole rings is 1. The maximum atomic E-state index is 12.1. The number of anilines is 1. The molecule has 0 atom stereocenters. The number of carbonyl (C=O) groups excluding carboxylic acids is 1. The molecule has 24 heavy (non-hydrogen) atoms. The number of amides is 1. The van der Waals surface area contributed by atoms with Gasteiger partial charge in [0.15, 0.2) is 0 Å². The molecular weight excluding hydrogens is 316 g/mol. The summed E-state index contributed by atoms with van der Waals surface area (Å²) < 4.78 is 1.20. The number of rotatable bonds is 4. The van der Waals surface area contributed by atoms with Crippen LogP contribution in [0.5, 0.6) is 0 Å². The van der Waals surface area contributed by atoms with E-state index in [1.807, 2.05) is 36.4 Å². The molecule has 1 amide bonds. The van der Waals surface area contributed by atoms with E-state index in [0.717, 1.165) is 16.2 Å². The lowest BCUT2D eigenvalue weighted by Gasteiger charge is -2.03. The summed E-state index contributed by atoms with van der Waals surface area (Å²) in [5.41, 5.74) is 1.84. The lowest BCUT2D eigenvalue weighted by atomic mass is 10.1. The van der Waals surface area contributed by atoms with Gasteiger partial charge in [-0.3, -0.25) is 4.79 Å². The van der Waals surface area contributed by atoms with Gasteiger partial charge < -0.3 is 5.32 Å². The zero-order valence-corrected chi connectivity index (χ0v) is 13.8. The minimum atomic E-state index is 0.0188. The number of aryl methyl sites for hydroxylation is 1. The third kappa shape index (κ3) is 3.01. The monoisotopic (exact) mass is 332 g/mol. The van der Waals surface area contributed by atoms with Crippen molar-refractivity contribution in [2.24, 2.45) is 0 Å². The summed E-state index contributed by atoms with van der Waals surface area (Å²) in [4.78, 5) is 16.8. The number of carbonyl (C=O) groups is 1. The Morgan fingerprint density at radius 3 is 2.62 bits per heavy atom. The molecule has 1 aromatic heterocycles. The third-order valence-corrected chi connectivity index (χ3v) is 5.11. The van der Waals surface area contributed by atoms with Crippen LogP contribution in [0.3, 0.4) is 0 Å². The number of hydrogen-bond donors (Lipinski definition) is 1.